The highest BCUT2D eigenvalue weighted by atomic mass is 16.1. The monoisotopic (exact) mass is 198 g/mol. The lowest BCUT2D eigenvalue weighted by Gasteiger charge is -2.26. The van der Waals surface area contributed by atoms with E-state index >= 15 is 0 Å². The second kappa shape index (κ2) is 3.89. The summed E-state index contributed by atoms with van der Waals surface area (Å²) in [6.45, 7) is 8.33. The first kappa shape index (κ1) is 11.5. The maximum Gasteiger partial charge on any atom is 0.221 e. The average molecular weight is 198 g/mol. The van der Waals surface area contributed by atoms with Crippen LogP contribution in [0.3, 0.4) is 0 Å². The minimum absolute atomic E-state index is 0.00646. The van der Waals surface area contributed by atoms with Crippen molar-refractivity contribution in [2.75, 3.05) is 0 Å². The molecule has 1 aliphatic rings. The van der Waals surface area contributed by atoms with Crippen LogP contribution in [0.25, 0.3) is 0 Å². The molecule has 0 radical (unpaired) electrons. The molecule has 0 aromatic carbocycles. The van der Waals surface area contributed by atoms with E-state index in [0.717, 1.165) is 6.42 Å². The van der Waals surface area contributed by atoms with Gasteiger partial charge in [-0.1, -0.05) is 27.7 Å². The molecule has 0 heterocycles. The third-order valence-electron chi connectivity index (χ3n) is 2.97. The van der Waals surface area contributed by atoms with Crippen LogP contribution in [0.15, 0.2) is 0 Å². The van der Waals surface area contributed by atoms with Crippen molar-refractivity contribution in [2.45, 2.75) is 52.6 Å². The van der Waals surface area contributed by atoms with Gasteiger partial charge in [-0.2, -0.15) is 0 Å². The van der Waals surface area contributed by atoms with Gasteiger partial charge in [0.05, 0.1) is 0 Å². The van der Waals surface area contributed by atoms with E-state index in [2.05, 4.69) is 33.0 Å². The maximum absolute atomic E-state index is 11.5. The lowest BCUT2D eigenvalue weighted by Crippen LogP contribution is -2.40. The van der Waals surface area contributed by atoms with Gasteiger partial charge in [0.25, 0.3) is 0 Å². The molecule has 14 heavy (non-hydrogen) atoms. The molecule has 0 bridgehead atoms. The summed E-state index contributed by atoms with van der Waals surface area (Å²) in [5.41, 5.74) is 5.93. The fourth-order valence-electron chi connectivity index (χ4n) is 1.29. The molecule has 3 heteroatoms. The molecular formula is C11H22N2O. The van der Waals surface area contributed by atoms with Gasteiger partial charge in [0.2, 0.25) is 5.91 Å². The fraction of sp³-hybridized carbons (Fsp3) is 0.909. The van der Waals surface area contributed by atoms with Gasteiger partial charge in [-0.3, -0.25) is 4.79 Å². The molecule has 0 spiro atoms. The van der Waals surface area contributed by atoms with Gasteiger partial charge >= 0.3 is 0 Å². The van der Waals surface area contributed by atoms with E-state index in [0.29, 0.717) is 18.4 Å². The molecule has 0 aliphatic heterocycles. The van der Waals surface area contributed by atoms with E-state index in [1.54, 1.807) is 0 Å². The lowest BCUT2D eigenvalue weighted by molar-refractivity contribution is -0.122. The highest BCUT2D eigenvalue weighted by Gasteiger charge is 2.34. The molecule has 1 fully saturated rings. The van der Waals surface area contributed by atoms with Crippen LogP contribution in [0.1, 0.15) is 40.5 Å². The van der Waals surface area contributed by atoms with E-state index in [4.69, 9.17) is 5.73 Å². The zero-order chi connectivity index (χ0) is 10.9. The first-order valence-corrected chi connectivity index (χ1v) is 5.35. The highest BCUT2D eigenvalue weighted by Crippen LogP contribution is 2.29. The molecule has 1 amide bonds. The summed E-state index contributed by atoms with van der Waals surface area (Å²) in [6, 6.07) is 0.353. The summed E-state index contributed by atoms with van der Waals surface area (Å²) in [5.74, 6) is 0.756. The molecule has 3 atom stereocenters. The predicted molar refractivity (Wildman–Crippen MR) is 57.8 cm³/mol. The Balaban J connectivity index is 2.26. The topological polar surface area (TPSA) is 55.1 Å². The van der Waals surface area contributed by atoms with Crippen LogP contribution >= 0.6 is 0 Å². The predicted octanol–water partition coefficient (Wildman–Crippen LogP) is 1.27. The smallest absolute Gasteiger partial charge is 0.221 e. The van der Waals surface area contributed by atoms with E-state index in [1.165, 1.54) is 0 Å². The summed E-state index contributed by atoms with van der Waals surface area (Å²) in [5, 5.41) is 2.99. The average Bonchev–Trinajstić information content (AvgIpc) is 2.63. The molecule has 3 nitrogen and oxygen atoms in total. The van der Waals surface area contributed by atoms with Crippen molar-refractivity contribution >= 4 is 5.91 Å². The standard InChI is InChI=1S/C11H22N2O/c1-7-5-8(7)13-10(14)6-9(12)11(2,3)4/h7-9H,5-6,12H2,1-4H3,(H,13,14). The zero-order valence-electron chi connectivity index (χ0n) is 9.63. The highest BCUT2D eigenvalue weighted by molar-refractivity contribution is 5.77. The van der Waals surface area contributed by atoms with Crippen LogP contribution in [0.2, 0.25) is 0 Å². The molecule has 0 saturated heterocycles. The molecule has 1 saturated carbocycles. The van der Waals surface area contributed by atoms with Crippen molar-refractivity contribution in [3.8, 4) is 0 Å². The number of hydrogen-bond acceptors (Lipinski definition) is 2. The summed E-state index contributed by atoms with van der Waals surface area (Å²) in [6.07, 6.45) is 1.56. The second-order valence-corrected chi connectivity index (χ2v) is 5.56. The Morgan fingerprint density at radius 1 is 1.57 bits per heavy atom. The second-order valence-electron chi connectivity index (χ2n) is 5.56. The summed E-state index contributed by atoms with van der Waals surface area (Å²) < 4.78 is 0. The Labute approximate surface area is 86.4 Å². The molecule has 3 N–H and O–H groups in total. The number of rotatable bonds is 3. The molecule has 1 rings (SSSR count). The third-order valence-corrected chi connectivity index (χ3v) is 2.97. The Morgan fingerprint density at radius 2 is 2.07 bits per heavy atom. The number of carbonyl (C=O) groups is 1. The van der Waals surface area contributed by atoms with Crippen molar-refractivity contribution in [3.05, 3.63) is 0 Å². The fourth-order valence-corrected chi connectivity index (χ4v) is 1.29. The van der Waals surface area contributed by atoms with Gasteiger partial charge in [0.15, 0.2) is 0 Å². The van der Waals surface area contributed by atoms with Crippen LogP contribution in [0.5, 0.6) is 0 Å². The van der Waals surface area contributed by atoms with Gasteiger partial charge < -0.3 is 11.1 Å². The molecule has 3 unspecified atom stereocenters. The molecule has 0 aromatic heterocycles. The number of nitrogens with two attached hydrogens (primary N) is 1. The van der Waals surface area contributed by atoms with Crippen LogP contribution in [0.4, 0.5) is 0 Å². The number of hydrogen-bond donors (Lipinski definition) is 2. The minimum Gasteiger partial charge on any atom is -0.353 e. The number of amides is 1. The van der Waals surface area contributed by atoms with E-state index in [1.807, 2.05) is 0 Å². The first-order valence-electron chi connectivity index (χ1n) is 5.35. The van der Waals surface area contributed by atoms with Gasteiger partial charge in [-0.15, -0.1) is 0 Å². The van der Waals surface area contributed by atoms with Crippen LogP contribution in [-0.4, -0.2) is 18.0 Å². The van der Waals surface area contributed by atoms with E-state index in [9.17, 15) is 4.79 Å². The maximum atomic E-state index is 11.5. The van der Waals surface area contributed by atoms with Gasteiger partial charge in [0, 0.05) is 18.5 Å². The Kier molecular flexibility index (Phi) is 3.20. The molecular weight excluding hydrogens is 176 g/mol. The lowest BCUT2D eigenvalue weighted by atomic mass is 9.85. The van der Waals surface area contributed by atoms with Crippen LogP contribution < -0.4 is 11.1 Å². The molecule has 82 valence electrons. The van der Waals surface area contributed by atoms with Gasteiger partial charge in [-0.25, -0.2) is 0 Å². The third kappa shape index (κ3) is 3.29. The first-order chi connectivity index (χ1) is 6.30. The minimum atomic E-state index is -0.0587. The normalized spacial score (nSPS) is 28.4. The largest absolute Gasteiger partial charge is 0.353 e. The SMILES string of the molecule is CC1CC1NC(=O)CC(N)C(C)(C)C. The van der Waals surface area contributed by atoms with E-state index in [-0.39, 0.29) is 17.4 Å². The summed E-state index contributed by atoms with van der Waals surface area (Å²) in [4.78, 5) is 11.5. The van der Waals surface area contributed by atoms with Crippen molar-refractivity contribution in [1.29, 1.82) is 0 Å². The molecule has 1 aliphatic carbocycles. The molecule has 0 aromatic rings. The van der Waals surface area contributed by atoms with Crippen molar-refractivity contribution in [1.82, 2.24) is 5.32 Å². The Bertz CT molecular complexity index is 220. The van der Waals surface area contributed by atoms with Crippen molar-refractivity contribution in [2.24, 2.45) is 17.1 Å². The van der Waals surface area contributed by atoms with Crippen LogP contribution in [0, 0.1) is 11.3 Å². The quantitative estimate of drug-likeness (QED) is 0.717. The zero-order valence-corrected chi connectivity index (χ0v) is 9.63. The van der Waals surface area contributed by atoms with E-state index < -0.39 is 0 Å². The summed E-state index contributed by atoms with van der Waals surface area (Å²) in [7, 11) is 0. The van der Waals surface area contributed by atoms with Crippen LogP contribution in [-0.2, 0) is 4.79 Å². The number of nitrogens with one attached hydrogen (secondary N) is 1. The van der Waals surface area contributed by atoms with Gasteiger partial charge in [0.1, 0.15) is 0 Å². The Hall–Kier alpha value is -0.570. The number of carbonyl (C=O) groups excluding carboxylic acids is 1. The summed E-state index contributed by atoms with van der Waals surface area (Å²) >= 11 is 0. The van der Waals surface area contributed by atoms with Crippen molar-refractivity contribution < 1.29 is 4.79 Å². The Morgan fingerprint density at radius 3 is 2.43 bits per heavy atom. The van der Waals surface area contributed by atoms with Crippen molar-refractivity contribution in [3.63, 3.8) is 0 Å². The van der Waals surface area contributed by atoms with Gasteiger partial charge in [-0.05, 0) is 17.8 Å².